The van der Waals surface area contributed by atoms with Crippen molar-refractivity contribution in [1.82, 2.24) is 9.88 Å². The van der Waals surface area contributed by atoms with E-state index in [1.165, 1.54) is 0 Å². The van der Waals surface area contributed by atoms with E-state index >= 15 is 0 Å². The van der Waals surface area contributed by atoms with E-state index in [0.717, 1.165) is 25.5 Å². The average Bonchev–Trinajstić information content (AvgIpc) is 2.35. The second kappa shape index (κ2) is 7.06. The highest BCUT2D eigenvalue weighted by molar-refractivity contribution is 5.35. The number of nitrogens with one attached hydrogen (secondary N) is 1. The molecule has 0 fully saturated rings. The molecule has 1 rings (SSSR count). The molecule has 0 spiro atoms. The minimum absolute atomic E-state index is 0.680. The fourth-order valence-electron chi connectivity index (χ4n) is 1.45. The molecule has 1 aromatic heterocycles. The highest BCUT2D eigenvalue weighted by atomic mass is 16.5. The molecule has 4 nitrogen and oxygen atoms in total. The lowest BCUT2D eigenvalue weighted by atomic mass is 10.4. The Balaban J connectivity index is 2.36. The van der Waals surface area contributed by atoms with E-state index in [1.54, 1.807) is 0 Å². The van der Waals surface area contributed by atoms with Crippen LogP contribution in [0.25, 0.3) is 0 Å². The third-order valence-electron chi connectivity index (χ3n) is 2.53. The maximum Gasteiger partial charge on any atom is 0.215 e. The molecule has 90 valence electrons. The number of pyridine rings is 1. The van der Waals surface area contributed by atoms with Gasteiger partial charge >= 0.3 is 0 Å². The van der Waals surface area contributed by atoms with Crippen LogP contribution in [0.4, 0.5) is 5.82 Å². The Kier molecular flexibility index (Phi) is 5.64. The van der Waals surface area contributed by atoms with Crippen molar-refractivity contribution in [2.75, 3.05) is 38.6 Å². The van der Waals surface area contributed by atoms with Crippen LogP contribution in [0, 0.1) is 0 Å². The van der Waals surface area contributed by atoms with E-state index in [0.29, 0.717) is 12.5 Å². The number of hydrogen-bond donors (Lipinski definition) is 1. The molecule has 1 N–H and O–H groups in total. The first-order valence-electron chi connectivity index (χ1n) is 5.80. The van der Waals surface area contributed by atoms with Crippen molar-refractivity contribution in [3.8, 4) is 5.88 Å². The molecule has 0 aromatic carbocycles. The van der Waals surface area contributed by atoms with E-state index in [-0.39, 0.29) is 0 Å². The summed E-state index contributed by atoms with van der Waals surface area (Å²) in [6, 6.07) is 5.73. The van der Waals surface area contributed by atoms with Gasteiger partial charge in [0, 0.05) is 19.7 Å². The van der Waals surface area contributed by atoms with E-state index in [9.17, 15) is 0 Å². The molecule has 1 heterocycles. The van der Waals surface area contributed by atoms with Gasteiger partial charge in [-0.2, -0.15) is 4.98 Å². The van der Waals surface area contributed by atoms with Gasteiger partial charge in [-0.3, -0.25) is 0 Å². The molecule has 0 amide bonds. The minimum atomic E-state index is 0.680. The van der Waals surface area contributed by atoms with Crippen molar-refractivity contribution < 1.29 is 4.74 Å². The van der Waals surface area contributed by atoms with Crippen LogP contribution in [0.15, 0.2) is 18.2 Å². The molecule has 0 saturated carbocycles. The lowest BCUT2D eigenvalue weighted by Gasteiger charge is -2.17. The lowest BCUT2D eigenvalue weighted by molar-refractivity contribution is 0.218. The Morgan fingerprint density at radius 1 is 1.31 bits per heavy atom. The van der Waals surface area contributed by atoms with Crippen LogP contribution in [0.3, 0.4) is 0 Å². The highest BCUT2D eigenvalue weighted by Crippen LogP contribution is 2.10. The molecule has 0 saturated heterocycles. The molecule has 0 unspecified atom stereocenters. The topological polar surface area (TPSA) is 37.4 Å². The molecule has 0 atom stereocenters. The molecular weight excluding hydrogens is 202 g/mol. The number of nitrogens with zero attached hydrogens (tertiary/aromatic N) is 2. The number of anilines is 1. The highest BCUT2D eigenvalue weighted by Gasteiger charge is 2.00. The third-order valence-corrected chi connectivity index (χ3v) is 2.53. The lowest BCUT2D eigenvalue weighted by Crippen LogP contribution is -2.28. The smallest absolute Gasteiger partial charge is 0.215 e. The summed E-state index contributed by atoms with van der Waals surface area (Å²) >= 11 is 0. The number of ether oxygens (including phenoxy) is 1. The van der Waals surface area contributed by atoms with E-state index in [2.05, 4.69) is 29.0 Å². The zero-order valence-electron chi connectivity index (χ0n) is 10.4. The van der Waals surface area contributed by atoms with Crippen LogP contribution in [0.1, 0.15) is 13.8 Å². The molecule has 4 heteroatoms. The predicted molar refractivity (Wildman–Crippen MR) is 67.1 cm³/mol. The maximum absolute atomic E-state index is 5.59. The molecule has 0 aliphatic heterocycles. The van der Waals surface area contributed by atoms with Crippen LogP contribution in [-0.2, 0) is 0 Å². The Labute approximate surface area is 97.6 Å². The van der Waals surface area contributed by atoms with Gasteiger partial charge in [0.1, 0.15) is 12.4 Å². The fourth-order valence-corrected chi connectivity index (χ4v) is 1.45. The van der Waals surface area contributed by atoms with Gasteiger partial charge in [0.05, 0.1) is 0 Å². The molecular formula is C12H21N3O. The normalized spacial score (nSPS) is 10.5. The van der Waals surface area contributed by atoms with Crippen molar-refractivity contribution in [3.05, 3.63) is 18.2 Å². The first kappa shape index (κ1) is 12.8. The summed E-state index contributed by atoms with van der Waals surface area (Å²) in [4.78, 5) is 6.61. The Hall–Kier alpha value is -1.29. The fraction of sp³-hybridized carbons (Fsp3) is 0.583. The predicted octanol–water partition coefficient (Wildman–Crippen LogP) is 1.84. The van der Waals surface area contributed by atoms with Crippen LogP contribution in [-0.4, -0.2) is 43.2 Å². The summed E-state index contributed by atoms with van der Waals surface area (Å²) in [5.74, 6) is 1.51. The molecule has 0 aliphatic carbocycles. The average molecular weight is 223 g/mol. The molecule has 16 heavy (non-hydrogen) atoms. The van der Waals surface area contributed by atoms with Gasteiger partial charge in [-0.25, -0.2) is 0 Å². The first-order valence-corrected chi connectivity index (χ1v) is 5.80. The largest absolute Gasteiger partial charge is 0.476 e. The van der Waals surface area contributed by atoms with Gasteiger partial charge in [0.2, 0.25) is 5.88 Å². The number of aromatic nitrogens is 1. The summed E-state index contributed by atoms with van der Waals surface area (Å²) in [6.07, 6.45) is 0. The zero-order valence-corrected chi connectivity index (χ0v) is 10.4. The second-order valence-corrected chi connectivity index (χ2v) is 3.49. The Bertz CT molecular complexity index is 300. The molecule has 1 aromatic rings. The monoisotopic (exact) mass is 223 g/mol. The molecule has 0 radical (unpaired) electrons. The Morgan fingerprint density at radius 3 is 2.69 bits per heavy atom. The summed E-state index contributed by atoms with van der Waals surface area (Å²) in [6.45, 7) is 8.06. The van der Waals surface area contributed by atoms with E-state index in [1.807, 2.05) is 25.2 Å². The van der Waals surface area contributed by atoms with Gasteiger partial charge in [0.15, 0.2) is 0 Å². The van der Waals surface area contributed by atoms with Crippen LogP contribution in [0.2, 0.25) is 0 Å². The van der Waals surface area contributed by atoms with Crippen molar-refractivity contribution in [2.45, 2.75) is 13.8 Å². The maximum atomic E-state index is 5.59. The van der Waals surface area contributed by atoms with Gasteiger partial charge in [-0.05, 0) is 19.2 Å². The minimum Gasteiger partial charge on any atom is -0.476 e. The van der Waals surface area contributed by atoms with Crippen molar-refractivity contribution in [2.24, 2.45) is 0 Å². The van der Waals surface area contributed by atoms with E-state index < -0.39 is 0 Å². The van der Waals surface area contributed by atoms with Gasteiger partial charge in [-0.1, -0.05) is 19.9 Å². The van der Waals surface area contributed by atoms with E-state index in [4.69, 9.17) is 4.74 Å². The quantitative estimate of drug-likeness (QED) is 0.765. The van der Waals surface area contributed by atoms with Crippen LogP contribution < -0.4 is 10.1 Å². The second-order valence-electron chi connectivity index (χ2n) is 3.49. The van der Waals surface area contributed by atoms with Crippen LogP contribution in [0.5, 0.6) is 5.88 Å². The van der Waals surface area contributed by atoms with Crippen LogP contribution >= 0.6 is 0 Å². The Morgan fingerprint density at radius 2 is 2.06 bits per heavy atom. The van der Waals surface area contributed by atoms with Crippen molar-refractivity contribution in [1.29, 1.82) is 0 Å². The number of hydrogen-bond acceptors (Lipinski definition) is 4. The zero-order chi connectivity index (χ0) is 11.8. The van der Waals surface area contributed by atoms with Crippen molar-refractivity contribution >= 4 is 5.82 Å². The summed E-state index contributed by atoms with van der Waals surface area (Å²) in [5, 5.41) is 2.99. The first-order chi connectivity index (χ1) is 7.80. The van der Waals surface area contributed by atoms with Gasteiger partial charge in [-0.15, -0.1) is 0 Å². The van der Waals surface area contributed by atoms with Crippen molar-refractivity contribution in [3.63, 3.8) is 0 Å². The van der Waals surface area contributed by atoms with Gasteiger partial charge < -0.3 is 15.0 Å². The standard InChI is InChI=1S/C12H21N3O/c1-4-15(5-2)9-10-16-12-8-6-7-11(13-3)14-12/h6-8H,4-5,9-10H2,1-3H3,(H,13,14). The molecule has 0 aliphatic rings. The number of rotatable bonds is 7. The SMILES string of the molecule is CCN(CC)CCOc1cccc(NC)n1. The number of likely N-dealkylation sites (N-methyl/N-ethyl adjacent to an activating group) is 1. The summed E-state index contributed by atoms with van der Waals surface area (Å²) in [5.41, 5.74) is 0. The van der Waals surface area contributed by atoms with Gasteiger partial charge in [0.25, 0.3) is 0 Å². The summed E-state index contributed by atoms with van der Waals surface area (Å²) < 4.78 is 5.59. The summed E-state index contributed by atoms with van der Waals surface area (Å²) in [7, 11) is 1.85. The molecule has 0 bridgehead atoms. The third kappa shape index (κ3) is 4.06.